The molecule has 2 aromatic heterocycles. The monoisotopic (exact) mass is 529 g/mol. The van der Waals surface area contributed by atoms with Crippen LogP contribution in [0.25, 0.3) is 0 Å². The molecule has 1 N–H and O–H groups in total. The molecule has 3 rings (SSSR count). The van der Waals surface area contributed by atoms with Gasteiger partial charge in [0.2, 0.25) is 0 Å². The zero-order chi connectivity index (χ0) is 27.3. The molecule has 1 aromatic carbocycles. The second-order valence-electron chi connectivity index (χ2n) is 8.33. The lowest BCUT2D eigenvalue weighted by Crippen LogP contribution is -2.21. The maximum atomic E-state index is 12.9. The molecule has 196 valence electrons. The summed E-state index contributed by atoms with van der Waals surface area (Å²) in [5.41, 5.74) is 1.06. The third kappa shape index (κ3) is 6.33. The summed E-state index contributed by atoms with van der Waals surface area (Å²) in [6.07, 6.45) is 0.614. The standard InChI is InChI=1S/C25H27N3O8S/c1-6-11-34-25(31)20-15(3)21(24(30)27(4)5)37-23(20)26-22(29)19-10-8-16(36-19)13-35-18-9-7-14(2)12-17(18)28(32)33/h7-10,12H,6,11,13H2,1-5H3,(H,26,29). The lowest BCUT2D eigenvalue weighted by atomic mass is 10.1. The predicted molar refractivity (Wildman–Crippen MR) is 136 cm³/mol. The lowest BCUT2D eigenvalue weighted by molar-refractivity contribution is -0.386. The van der Waals surface area contributed by atoms with Crippen LogP contribution in [0.4, 0.5) is 10.7 Å². The summed E-state index contributed by atoms with van der Waals surface area (Å²) >= 11 is 0.973. The summed E-state index contributed by atoms with van der Waals surface area (Å²) in [5, 5.41) is 14.1. The van der Waals surface area contributed by atoms with Crippen molar-refractivity contribution in [2.24, 2.45) is 0 Å². The molecule has 3 aromatic rings. The molecule has 0 aliphatic carbocycles. The van der Waals surface area contributed by atoms with Gasteiger partial charge in [-0.3, -0.25) is 19.7 Å². The molecule has 12 heteroatoms. The van der Waals surface area contributed by atoms with E-state index in [1.807, 2.05) is 6.92 Å². The number of nitrogens with zero attached hydrogens (tertiary/aromatic N) is 2. The SMILES string of the molecule is CCCOC(=O)c1c(NC(=O)c2ccc(COc3ccc(C)cc3[N+](=O)[O-])o2)sc(C(=O)N(C)C)c1C. The molecule has 0 aliphatic rings. The minimum Gasteiger partial charge on any atom is -0.479 e. The quantitative estimate of drug-likeness (QED) is 0.221. The highest BCUT2D eigenvalue weighted by Crippen LogP contribution is 2.35. The Morgan fingerprint density at radius 2 is 1.89 bits per heavy atom. The second kappa shape index (κ2) is 11.7. The van der Waals surface area contributed by atoms with Gasteiger partial charge < -0.3 is 24.1 Å². The molecule has 0 saturated heterocycles. The Hall–Kier alpha value is -4.19. The largest absolute Gasteiger partial charge is 0.479 e. The van der Waals surface area contributed by atoms with E-state index in [9.17, 15) is 24.5 Å². The van der Waals surface area contributed by atoms with Gasteiger partial charge in [-0.1, -0.05) is 13.0 Å². The number of esters is 1. The maximum absolute atomic E-state index is 12.9. The van der Waals surface area contributed by atoms with E-state index in [1.54, 1.807) is 34.0 Å². The van der Waals surface area contributed by atoms with Crippen LogP contribution in [-0.2, 0) is 11.3 Å². The van der Waals surface area contributed by atoms with Crippen molar-refractivity contribution in [1.82, 2.24) is 4.90 Å². The van der Waals surface area contributed by atoms with Gasteiger partial charge in [0.15, 0.2) is 11.5 Å². The summed E-state index contributed by atoms with van der Waals surface area (Å²) in [5.74, 6) is -1.35. The number of anilines is 1. The fourth-order valence-electron chi connectivity index (χ4n) is 3.30. The van der Waals surface area contributed by atoms with Gasteiger partial charge in [-0.2, -0.15) is 0 Å². The molecule has 0 radical (unpaired) electrons. The first-order chi connectivity index (χ1) is 17.5. The number of amides is 2. The highest BCUT2D eigenvalue weighted by atomic mass is 32.1. The van der Waals surface area contributed by atoms with Gasteiger partial charge in [0, 0.05) is 20.2 Å². The van der Waals surface area contributed by atoms with Crippen LogP contribution in [0.1, 0.15) is 60.8 Å². The van der Waals surface area contributed by atoms with E-state index in [0.717, 1.165) is 11.3 Å². The first kappa shape index (κ1) is 27.4. The van der Waals surface area contributed by atoms with Gasteiger partial charge in [0.05, 0.1) is 22.0 Å². The van der Waals surface area contributed by atoms with Gasteiger partial charge in [-0.15, -0.1) is 11.3 Å². The topological polar surface area (TPSA) is 141 Å². The van der Waals surface area contributed by atoms with Crippen molar-refractivity contribution in [1.29, 1.82) is 0 Å². The second-order valence-corrected chi connectivity index (χ2v) is 9.35. The average Bonchev–Trinajstić information content (AvgIpc) is 3.45. The highest BCUT2D eigenvalue weighted by Gasteiger charge is 2.28. The Balaban J connectivity index is 1.80. The van der Waals surface area contributed by atoms with Crippen LogP contribution in [0.2, 0.25) is 0 Å². The summed E-state index contributed by atoms with van der Waals surface area (Å²) in [6, 6.07) is 7.50. The minimum atomic E-state index is -0.651. The van der Waals surface area contributed by atoms with E-state index in [0.29, 0.717) is 22.4 Å². The number of carbonyl (C=O) groups excluding carboxylic acids is 3. The first-order valence-electron chi connectivity index (χ1n) is 11.3. The number of carbonyl (C=O) groups is 3. The summed E-state index contributed by atoms with van der Waals surface area (Å²) in [4.78, 5) is 50.7. The van der Waals surface area contributed by atoms with Crippen molar-refractivity contribution in [3.63, 3.8) is 0 Å². The molecule has 0 unspecified atom stereocenters. The molecule has 2 heterocycles. The van der Waals surface area contributed by atoms with Crippen molar-refractivity contribution < 1.29 is 33.2 Å². The van der Waals surface area contributed by atoms with Crippen LogP contribution in [0.5, 0.6) is 5.75 Å². The molecule has 11 nitrogen and oxygen atoms in total. The van der Waals surface area contributed by atoms with Crippen LogP contribution in [0.3, 0.4) is 0 Å². The van der Waals surface area contributed by atoms with Crippen molar-refractivity contribution in [3.05, 3.63) is 73.5 Å². The summed E-state index contributed by atoms with van der Waals surface area (Å²) in [7, 11) is 3.18. The van der Waals surface area contributed by atoms with Gasteiger partial charge in [-0.05, 0) is 49.6 Å². The molecule has 0 atom stereocenters. The maximum Gasteiger partial charge on any atom is 0.341 e. The van der Waals surface area contributed by atoms with Crippen LogP contribution >= 0.6 is 11.3 Å². The fraction of sp³-hybridized carbons (Fsp3) is 0.320. The molecule has 0 aliphatic heterocycles. The number of benzene rings is 1. The number of nitrogens with one attached hydrogen (secondary N) is 1. The lowest BCUT2D eigenvalue weighted by Gasteiger charge is -2.09. The molecule has 2 amide bonds. The van der Waals surface area contributed by atoms with Crippen LogP contribution in [-0.4, -0.2) is 48.3 Å². The number of thiophene rings is 1. The summed E-state index contributed by atoms with van der Waals surface area (Å²) < 4.78 is 16.4. The van der Waals surface area contributed by atoms with Gasteiger partial charge in [0.25, 0.3) is 11.8 Å². The first-order valence-corrected chi connectivity index (χ1v) is 12.1. The number of furan rings is 1. The van der Waals surface area contributed by atoms with Crippen LogP contribution in [0, 0.1) is 24.0 Å². The van der Waals surface area contributed by atoms with Crippen molar-refractivity contribution >= 4 is 39.8 Å². The smallest absolute Gasteiger partial charge is 0.341 e. The zero-order valence-electron chi connectivity index (χ0n) is 21.1. The molecular weight excluding hydrogens is 502 g/mol. The minimum absolute atomic E-state index is 0.0698. The van der Waals surface area contributed by atoms with Gasteiger partial charge in [-0.25, -0.2) is 4.79 Å². The van der Waals surface area contributed by atoms with E-state index in [1.165, 1.54) is 29.2 Å². The summed E-state index contributed by atoms with van der Waals surface area (Å²) in [6.45, 7) is 5.26. The Morgan fingerprint density at radius 1 is 1.16 bits per heavy atom. The van der Waals surface area contributed by atoms with Crippen LogP contribution in [0.15, 0.2) is 34.7 Å². The zero-order valence-corrected chi connectivity index (χ0v) is 21.9. The molecule has 0 spiro atoms. The number of nitro benzene ring substituents is 1. The average molecular weight is 530 g/mol. The van der Waals surface area contributed by atoms with E-state index in [2.05, 4.69) is 5.32 Å². The molecule has 0 bridgehead atoms. The number of ether oxygens (including phenoxy) is 2. The number of nitro groups is 1. The van der Waals surface area contributed by atoms with E-state index in [4.69, 9.17) is 13.9 Å². The van der Waals surface area contributed by atoms with Gasteiger partial charge >= 0.3 is 11.7 Å². The molecule has 0 saturated carbocycles. The van der Waals surface area contributed by atoms with E-state index < -0.39 is 16.8 Å². The Labute approximate surface area is 217 Å². The van der Waals surface area contributed by atoms with E-state index in [-0.39, 0.29) is 52.6 Å². The number of hydrogen-bond acceptors (Lipinski definition) is 9. The van der Waals surface area contributed by atoms with Gasteiger partial charge in [0.1, 0.15) is 17.4 Å². The third-order valence-corrected chi connectivity index (χ3v) is 6.38. The molecule has 0 fully saturated rings. The Bertz CT molecular complexity index is 1340. The number of aryl methyl sites for hydroxylation is 1. The number of hydrogen-bond donors (Lipinski definition) is 1. The Morgan fingerprint density at radius 3 is 2.54 bits per heavy atom. The highest BCUT2D eigenvalue weighted by molar-refractivity contribution is 7.18. The third-order valence-electron chi connectivity index (χ3n) is 5.18. The van der Waals surface area contributed by atoms with Crippen LogP contribution < -0.4 is 10.1 Å². The van der Waals surface area contributed by atoms with Crippen molar-refractivity contribution in [2.75, 3.05) is 26.0 Å². The normalized spacial score (nSPS) is 10.6. The fourth-order valence-corrected chi connectivity index (χ4v) is 4.52. The predicted octanol–water partition coefficient (Wildman–Crippen LogP) is 4.97. The molecule has 37 heavy (non-hydrogen) atoms. The van der Waals surface area contributed by atoms with E-state index >= 15 is 0 Å². The number of rotatable bonds is 10. The van der Waals surface area contributed by atoms with Crippen molar-refractivity contribution in [3.8, 4) is 5.75 Å². The molecular formula is C25H27N3O8S. The van der Waals surface area contributed by atoms with Crippen molar-refractivity contribution in [2.45, 2.75) is 33.8 Å². The Kier molecular flexibility index (Phi) is 8.66.